The Morgan fingerprint density at radius 1 is 1.17 bits per heavy atom. The molecule has 3 heterocycles. The molecule has 1 aliphatic rings. The summed E-state index contributed by atoms with van der Waals surface area (Å²) in [5, 5.41) is 12.0. The van der Waals surface area contributed by atoms with Crippen LogP contribution in [0.15, 0.2) is 60.6 Å². The molecule has 1 amide bonds. The van der Waals surface area contributed by atoms with Crippen LogP contribution in [0.5, 0.6) is 0 Å². The largest absolute Gasteiger partial charge is 0.507 e. The predicted molar refractivity (Wildman–Crippen MR) is 115 cm³/mol. The van der Waals surface area contributed by atoms with Crippen LogP contribution in [0.4, 0.5) is 0 Å². The molecule has 154 valence electrons. The highest BCUT2D eigenvalue weighted by Gasteiger charge is 2.46. The van der Waals surface area contributed by atoms with Gasteiger partial charge in [0.15, 0.2) is 0 Å². The molecule has 4 rings (SSSR count). The van der Waals surface area contributed by atoms with Gasteiger partial charge in [0.25, 0.3) is 11.7 Å². The fourth-order valence-corrected chi connectivity index (χ4v) is 3.97. The fourth-order valence-electron chi connectivity index (χ4n) is 3.97. The van der Waals surface area contributed by atoms with Crippen molar-refractivity contribution >= 4 is 28.4 Å². The number of likely N-dealkylation sites (tertiary alicyclic amines) is 1. The van der Waals surface area contributed by atoms with Gasteiger partial charge in [-0.05, 0) is 50.8 Å². The van der Waals surface area contributed by atoms with Crippen LogP contribution in [0.3, 0.4) is 0 Å². The monoisotopic (exact) mass is 404 g/mol. The molecule has 0 radical (unpaired) electrons. The highest BCUT2D eigenvalue weighted by atomic mass is 16.3. The van der Waals surface area contributed by atoms with Crippen molar-refractivity contribution in [2.24, 2.45) is 0 Å². The zero-order valence-corrected chi connectivity index (χ0v) is 17.0. The first-order valence-corrected chi connectivity index (χ1v) is 9.88. The van der Waals surface area contributed by atoms with Crippen molar-refractivity contribution in [2.75, 3.05) is 27.2 Å². The fraction of sp³-hybridized carbons (Fsp3) is 0.261. The van der Waals surface area contributed by atoms with E-state index < -0.39 is 17.7 Å². The van der Waals surface area contributed by atoms with Crippen LogP contribution in [0.25, 0.3) is 16.7 Å². The maximum absolute atomic E-state index is 13.0. The number of aromatic nitrogens is 2. The van der Waals surface area contributed by atoms with Gasteiger partial charge in [-0.2, -0.15) is 0 Å². The third-order valence-corrected chi connectivity index (χ3v) is 5.41. The van der Waals surface area contributed by atoms with E-state index in [1.165, 1.54) is 0 Å². The summed E-state index contributed by atoms with van der Waals surface area (Å²) >= 11 is 0. The second-order valence-electron chi connectivity index (χ2n) is 7.68. The summed E-state index contributed by atoms with van der Waals surface area (Å²) < 4.78 is 0. The van der Waals surface area contributed by atoms with Gasteiger partial charge in [0.1, 0.15) is 5.76 Å². The first-order chi connectivity index (χ1) is 14.5. The van der Waals surface area contributed by atoms with Gasteiger partial charge in [-0.1, -0.05) is 18.2 Å². The van der Waals surface area contributed by atoms with E-state index in [4.69, 9.17) is 0 Å². The van der Waals surface area contributed by atoms with E-state index in [1.54, 1.807) is 35.6 Å². The summed E-state index contributed by atoms with van der Waals surface area (Å²) in [5.41, 5.74) is 2.21. The number of aromatic amines is 1. The standard InChI is InChI=1S/C23H24N4O3/c1-26(2)12-5-13-27-20(15-8-10-24-11-9-15)19(22(29)23(27)30)21(28)17-14-25-18-7-4-3-6-16(17)18/h3-4,6-11,14,20,25,28H,5,12-13H2,1-2H3/b21-19+/t20-/m0/s1. The number of benzene rings is 1. The Kier molecular flexibility index (Phi) is 5.37. The molecule has 30 heavy (non-hydrogen) atoms. The minimum atomic E-state index is -0.663. The number of hydrogen-bond acceptors (Lipinski definition) is 5. The van der Waals surface area contributed by atoms with Crippen LogP contribution in [0.1, 0.15) is 23.6 Å². The number of fused-ring (bicyclic) bond motifs is 1. The summed E-state index contributed by atoms with van der Waals surface area (Å²) in [6.45, 7) is 1.20. The van der Waals surface area contributed by atoms with E-state index in [-0.39, 0.29) is 11.3 Å². The van der Waals surface area contributed by atoms with E-state index in [9.17, 15) is 14.7 Å². The lowest BCUT2D eigenvalue weighted by molar-refractivity contribution is -0.139. The van der Waals surface area contributed by atoms with Crippen molar-refractivity contribution in [3.05, 3.63) is 71.7 Å². The highest BCUT2D eigenvalue weighted by molar-refractivity contribution is 6.46. The average Bonchev–Trinajstić information content (AvgIpc) is 3.28. The number of hydrogen-bond donors (Lipinski definition) is 2. The van der Waals surface area contributed by atoms with Gasteiger partial charge in [0, 0.05) is 41.6 Å². The lowest BCUT2D eigenvalue weighted by atomic mass is 9.96. The van der Waals surface area contributed by atoms with E-state index in [0.717, 1.165) is 23.0 Å². The van der Waals surface area contributed by atoms with Crippen molar-refractivity contribution in [3.63, 3.8) is 0 Å². The Balaban J connectivity index is 1.83. The van der Waals surface area contributed by atoms with E-state index in [1.807, 2.05) is 43.3 Å². The second-order valence-corrected chi connectivity index (χ2v) is 7.68. The van der Waals surface area contributed by atoms with Gasteiger partial charge in [0.05, 0.1) is 11.6 Å². The van der Waals surface area contributed by atoms with Gasteiger partial charge in [-0.15, -0.1) is 0 Å². The maximum Gasteiger partial charge on any atom is 0.295 e. The number of aliphatic hydroxyl groups is 1. The molecule has 3 aromatic rings. The zero-order chi connectivity index (χ0) is 21.3. The number of aliphatic hydroxyl groups excluding tert-OH is 1. The molecule has 1 atom stereocenters. The predicted octanol–water partition coefficient (Wildman–Crippen LogP) is 2.94. The van der Waals surface area contributed by atoms with E-state index >= 15 is 0 Å². The summed E-state index contributed by atoms with van der Waals surface area (Å²) in [7, 11) is 3.93. The lowest BCUT2D eigenvalue weighted by Crippen LogP contribution is -2.32. The molecule has 1 fully saturated rings. The number of ketones is 1. The van der Waals surface area contributed by atoms with Crippen LogP contribution in [0, 0.1) is 0 Å². The minimum Gasteiger partial charge on any atom is -0.507 e. The number of para-hydroxylation sites is 1. The first-order valence-electron chi connectivity index (χ1n) is 9.88. The third kappa shape index (κ3) is 3.48. The summed E-state index contributed by atoms with van der Waals surface area (Å²) in [6, 6.07) is 10.4. The van der Waals surface area contributed by atoms with Gasteiger partial charge in [-0.3, -0.25) is 14.6 Å². The smallest absolute Gasteiger partial charge is 0.295 e. The van der Waals surface area contributed by atoms with Crippen molar-refractivity contribution in [3.8, 4) is 0 Å². The number of carbonyl (C=O) groups is 2. The lowest BCUT2D eigenvalue weighted by Gasteiger charge is -2.25. The number of pyridine rings is 1. The third-order valence-electron chi connectivity index (χ3n) is 5.41. The SMILES string of the molecule is CN(C)CCCN1C(=O)C(=O)/C(=C(/O)c2c[nH]c3ccccc23)[C@@H]1c1ccncc1. The zero-order valence-electron chi connectivity index (χ0n) is 17.0. The van der Waals surface area contributed by atoms with Crippen molar-refractivity contribution < 1.29 is 14.7 Å². The number of nitrogens with one attached hydrogen (secondary N) is 1. The van der Waals surface area contributed by atoms with E-state index in [2.05, 4.69) is 9.97 Å². The summed E-state index contributed by atoms with van der Waals surface area (Å²) in [6.07, 6.45) is 5.64. The second kappa shape index (κ2) is 8.12. The molecule has 1 aromatic carbocycles. The Hall–Kier alpha value is -3.45. The van der Waals surface area contributed by atoms with Crippen LogP contribution in [-0.4, -0.2) is 63.7 Å². The van der Waals surface area contributed by atoms with Crippen LogP contribution in [0.2, 0.25) is 0 Å². The topological polar surface area (TPSA) is 89.5 Å². The molecule has 7 heteroatoms. The normalized spacial score (nSPS) is 18.6. The van der Waals surface area contributed by atoms with E-state index in [0.29, 0.717) is 18.5 Å². The maximum atomic E-state index is 13.0. The Morgan fingerprint density at radius 3 is 2.63 bits per heavy atom. The van der Waals surface area contributed by atoms with Crippen LogP contribution >= 0.6 is 0 Å². The molecule has 0 unspecified atom stereocenters. The number of Topliss-reactive ketones (excluding diaryl/α,β-unsaturated/α-hetero) is 1. The summed E-state index contributed by atoms with van der Waals surface area (Å²) in [5.74, 6) is -1.41. The Morgan fingerprint density at radius 2 is 1.90 bits per heavy atom. The molecule has 0 saturated carbocycles. The quantitative estimate of drug-likeness (QED) is 0.375. The minimum absolute atomic E-state index is 0.112. The van der Waals surface area contributed by atoms with Gasteiger partial charge < -0.3 is 19.9 Å². The molecule has 0 bridgehead atoms. The number of rotatable bonds is 6. The molecule has 2 N–H and O–H groups in total. The first kappa shape index (κ1) is 19.8. The van der Waals surface area contributed by atoms with Crippen molar-refractivity contribution in [1.82, 2.24) is 19.8 Å². The number of nitrogens with zero attached hydrogens (tertiary/aromatic N) is 3. The van der Waals surface area contributed by atoms with Gasteiger partial charge >= 0.3 is 0 Å². The summed E-state index contributed by atoms with van der Waals surface area (Å²) in [4.78, 5) is 36.7. The van der Waals surface area contributed by atoms with Crippen LogP contribution < -0.4 is 0 Å². The Bertz CT molecular complexity index is 1120. The average molecular weight is 404 g/mol. The number of H-pyrrole nitrogens is 1. The Labute approximate surface area is 174 Å². The van der Waals surface area contributed by atoms with Gasteiger partial charge in [0.2, 0.25) is 0 Å². The molecule has 2 aromatic heterocycles. The highest BCUT2D eigenvalue weighted by Crippen LogP contribution is 2.40. The molecular formula is C23H24N4O3. The molecule has 0 aliphatic carbocycles. The number of amides is 1. The van der Waals surface area contributed by atoms with Crippen molar-refractivity contribution in [2.45, 2.75) is 12.5 Å². The molecule has 1 aliphatic heterocycles. The van der Waals surface area contributed by atoms with Crippen molar-refractivity contribution in [1.29, 1.82) is 0 Å². The van der Waals surface area contributed by atoms with Gasteiger partial charge in [-0.25, -0.2) is 0 Å². The molecule has 1 saturated heterocycles. The molecule has 7 nitrogen and oxygen atoms in total. The number of carbonyl (C=O) groups excluding carboxylic acids is 2. The van der Waals surface area contributed by atoms with Crippen LogP contribution in [-0.2, 0) is 9.59 Å². The molecular weight excluding hydrogens is 380 g/mol. The molecule has 0 spiro atoms.